The molecule has 2 rings (SSSR count). The summed E-state index contributed by atoms with van der Waals surface area (Å²) >= 11 is 5.93. The zero-order chi connectivity index (χ0) is 16.7. The molecule has 0 aromatic heterocycles. The molecule has 4 nitrogen and oxygen atoms in total. The molecule has 1 N–H and O–H groups in total. The van der Waals surface area contributed by atoms with Gasteiger partial charge in [0.25, 0.3) is 0 Å². The van der Waals surface area contributed by atoms with E-state index >= 15 is 0 Å². The van der Waals surface area contributed by atoms with Gasteiger partial charge < -0.3 is 10.0 Å². The van der Waals surface area contributed by atoms with Crippen molar-refractivity contribution in [3.8, 4) is 0 Å². The van der Waals surface area contributed by atoms with Crippen LogP contribution in [0.25, 0.3) is 0 Å². The Labute approximate surface area is 144 Å². The van der Waals surface area contributed by atoms with Crippen LogP contribution in [0.2, 0.25) is 5.02 Å². The Bertz CT molecular complexity index is 492. The van der Waals surface area contributed by atoms with E-state index in [9.17, 15) is 4.79 Å². The summed E-state index contributed by atoms with van der Waals surface area (Å²) in [4.78, 5) is 17.1. The molecule has 128 valence electrons. The molecule has 1 aromatic carbocycles. The number of likely N-dealkylation sites (tertiary alicyclic amines) is 1. The Hall–Kier alpha value is -1.10. The lowest BCUT2D eigenvalue weighted by atomic mass is 10.1. The average molecular weight is 339 g/mol. The molecule has 0 saturated carbocycles. The van der Waals surface area contributed by atoms with Crippen molar-refractivity contribution in [2.45, 2.75) is 44.7 Å². The summed E-state index contributed by atoms with van der Waals surface area (Å²) in [7, 11) is 2.04. The fraction of sp³-hybridized carbons (Fsp3) is 0.611. The highest BCUT2D eigenvalue weighted by molar-refractivity contribution is 6.30. The number of aliphatic hydroxyl groups is 1. The summed E-state index contributed by atoms with van der Waals surface area (Å²) in [5, 5.41) is 9.84. The van der Waals surface area contributed by atoms with Crippen molar-refractivity contribution < 1.29 is 9.90 Å². The molecular weight excluding hydrogens is 312 g/mol. The van der Waals surface area contributed by atoms with E-state index in [1.54, 1.807) is 0 Å². The Morgan fingerprint density at radius 1 is 1.30 bits per heavy atom. The molecule has 0 spiro atoms. The van der Waals surface area contributed by atoms with E-state index < -0.39 is 0 Å². The Morgan fingerprint density at radius 3 is 2.74 bits per heavy atom. The number of carbonyl (C=O) groups is 1. The lowest BCUT2D eigenvalue weighted by molar-refractivity contribution is -0.137. The van der Waals surface area contributed by atoms with Gasteiger partial charge in [0.15, 0.2) is 0 Å². The van der Waals surface area contributed by atoms with Crippen molar-refractivity contribution in [3.05, 3.63) is 34.9 Å². The number of hydrogen-bond acceptors (Lipinski definition) is 3. The smallest absolute Gasteiger partial charge is 0.240 e. The van der Waals surface area contributed by atoms with Gasteiger partial charge in [-0.2, -0.15) is 0 Å². The fourth-order valence-corrected chi connectivity index (χ4v) is 3.24. The molecule has 0 aliphatic carbocycles. The van der Waals surface area contributed by atoms with Crippen LogP contribution >= 0.6 is 11.6 Å². The van der Waals surface area contributed by atoms with Crippen LogP contribution in [0.15, 0.2) is 24.3 Å². The van der Waals surface area contributed by atoms with Gasteiger partial charge in [-0.3, -0.25) is 9.69 Å². The highest BCUT2D eigenvalue weighted by atomic mass is 35.5. The zero-order valence-corrected chi connectivity index (χ0v) is 14.6. The fourth-order valence-electron chi connectivity index (χ4n) is 3.11. The molecule has 0 bridgehead atoms. The topological polar surface area (TPSA) is 43.8 Å². The number of halogens is 1. The number of hydrogen-bond donors (Lipinski definition) is 1. The van der Waals surface area contributed by atoms with Crippen LogP contribution in [-0.4, -0.2) is 53.6 Å². The van der Waals surface area contributed by atoms with Crippen LogP contribution in [0.1, 0.15) is 37.7 Å². The molecule has 1 fully saturated rings. The van der Waals surface area contributed by atoms with Crippen LogP contribution < -0.4 is 0 Å². The van der Waals surface area contributed by atoms with Crippen LogP contribution in [-0.2, 0) is 11.3 Å². The molecule has 1 aromatic rings. The Morgan fingerprint density at radius 2 is 2.04 bits per heavy atom. The first-order valence-corrected chi connectivity index (χ1v) is 8.84. The second kappa shape index (κ2) is 9.26. The van der Waals surface area contributed by atoms with Crippen molar-refractivity contribution in [1.82, 2.24) is 9.80 Å². The van der Waals surface area contributed by atoms with E-state index in [0.29, 0.717) is 24.5 Å². The van der Waals surface area contributed by atoms with Crippen molar-refractivity contribution in [1.29, 1.82) is 0 Å². The largest absolute Gasteiger partial charge is 0.396 e. The summed E-state index contributed by atoms with van der Waals surface area (Å²) in [5.41, 5.74) is 1.07. The average Bonchev–Trinajstić information content (AvgIpc) is 2.77. The minimum absolute atomic E-state index is 0.0384. The molecule has 1 amide bonds. The van der Waals surface area contributed by atoms with Gasteiger partial charge >= 0.3 is 0 Å². The number of aliphatic hydroxyl groups excluding tert-OH is 1. The molecule has 1 saturated heterocycles. The Balaban J connectivity index is 2.09. The number of carbonyl (C=O) groups excluding carboxylic acids is 1. The highest BCUT2D eigenvalue weighted by Gasteiger charge is 2.28. The number of nitrogens with zero attached hydrogens (tertiary/aromatic N) is 2. The number of amides is 1. The maximum Gasteiger partial charge on any atom is 0.240 e. The van der Waals surface area contributed by atoms with Gasteiger partial charge in [-0.15, -0.1) is 0 Å². The third kappa shape index (κ3) is 5.48. The molecule has 23 heavy (non-hydrogen) atoms. The zero-order valence-electron chi connectivity index (χ0n) is 13.9. The van der Waals surface area contributed by atoms with Gasteiger partial charge in [-0.25, -0.2) is 0 Å². The van der Waals surface area contributed by atoms with Crippen molar-refractivity contribution >= 4 is 17.5 Å². The first-order chi connectivity index (χ1) is 11.1. The molecule has 1 heterocycles. The second-order valence-electron chi connectivity index (χ2n) is 6.31. The highest BCUT2D eigenvalue weighted by Crippen LogP contribution is 2.19. The van der Waals surface area contributed by atoms with Crippen LogP contribution in [0.4, 0.5) is 0 Å². The predicted octanol–water partition coefficient (Wildman–Crippen LogP) is 2.93. The van der Waals surface area contributed by atoms with E-state index in [4.69, 9.17) is 16.7 Å². The van der Waals surface area contributed by atoms with Crippen LogP contribution in [0.5, 0.6) is 0 Å². The van der Waals surface area contributed by atoms with Gasteiger partial charge in [0.2, 0.25) is 5.91 Å². The number of likely N-dealkylation sites (N-methyl/N-ethyl adjacent to an activating group) is 1. The molecule has 5 heteroatoms. The summed E-state index contributed by atoms with van der Waals surface area (Å²) in [6, 6.07) is 7.58. The SMILES string of the molecule is CN1CCCCC[C@H]1C(=O)N(CCCO)Cc1ccc(Cl)cc1. The summed E-state index contributed by atoms with van der Waals surface area (Å²) in [6.45, 7) is 2.23. The molecule has 1 aliphatic rings. The molecule has 1 aliphatic heterocycles. The normalized spacial score (nSPS) is 19.3. The predicted molar refractivity (Wildman–Crippen MR) is 93.5 cm³/mol. The standard InChI is InChI=1S/C18H27ClN2O2/c1-20-11-4-2-3-6-17(20)18(23)21(12-5-13-22)14-15-7-9-16(19)10-8-15/h7-10,17,22H,2-6,11-14H2,1H3/t17-/m0/s1. The van der Waals surface area contributed by atoms with E-state index in [-0.39, 0.29) is 18.6 Å². The first kappa shape index (κ1) is 18.2. The van der Waals surface area contributed by atoms with E-state index in [2.05, 4.69) is 4.90 Å². The van der Waals surface area contributed by atoms with E-state index in [1.807, 2.05) is 36.2 Å². The summed E-state index contributed by atoms with van der Waals surface area (Å²) in [5.74, 6) is 0.179. The van der Waals surface area contributed by atoms with Crippen LogP contribution in [0.3, 0.4) is 0 Å². The lowest BCUT2D eigenvalue weighted by Crippen LogP contribution is -2.47. The van der Waals surface area contributed by atoms with E-state index in [0.717, 1.165) is 31.4 Å². The summed E-state index contributed by atoms with van der Waals surface area (Å²) in [6.07, 6.45) is 4.99. The van der Waals surface area contributed by atoms with Gasteiger partial charge in [0, 0.05) is 24.7 Å². The van der Waals surface area contributed by atoms with Gasteiger partial charge in [-0.05, 0) is 50.6 Å². The van der Waals surface area contributed by atoms with E-state index in [1.165, 1.54) is 6.42 Å². The Kier molecular flexibility index (Phi) is 7.34. The molecule has 1 atom stereocenters. The monoisotopic (exact) mass is 338 g/mol. The third-order valence-corrected chi connectivity index (χ3v) is 4.74. The summed E-state index contributed by atoms with van der Waals surface area (Å²) < 4.78 is 0. The quantitative estimate of drug-likeness (QED) is 0.867. The molecule has 0 radical (unpaired) electrons. The maximum absolute atomic E-state index is 13.0. The number of benzene rings is 1. The number of rotatable bonds is 6. The van der Waals surface area contributed by atoms with Gasteiger partial charge in [0.05, 0.1) is 6.04 Å². The van der Waals surface area contributed by atoms with Crippen molar-refractivity contribution in [2.75, 3.05) is 26.7 Å². The van der Waals surface area contributed by atoms with Gasteiger partial charge in [-0.1, -0.05) is 36.6 Å². The molecule has 0 unspecified atom stereocenters. The maximum atomic E-state index is 13.0. The van der Waals surface area contributed by atoms with Crippen molar-refractivity contribution in [3.63, 3.8) is 0 Å². The van der Waals surface area contributed by atoms with Crippen molar-refractivity contribution in [2.24, 2.45) is 0 Å². The minimum atomic E-state index is -0.0384. The third-order valence-electron chi connectivity index (χ3n) is 4.49. The van der Waals surface area contributed by atoms with Crippen LogP contribution in [0, 0.1) is 0 Å². The van der Waals surface area contributed by atoms with Gasteiger partial charge in [0.1, 0.15) is 0 Å². The first-order valence-electron chi connectivity index (χ1n) is 8.46. The molecular formula is C18H27ClN2O2. The second-order valence-corrected chi connectivity index (χ2v) is 6.75. The minimum Gasteiger partial charge on any atom is -0.396 e. The lowest BCUT2D eigenvalue weighted by Gasteiger charge is -2.31.